The number of amides is 2. The van der Waals surface area contributed by atoms with Crippen molar-refractivity contribution in [2.75, 3.05) is 11.9 Å². The van der Waals surface area contributed by atoms with Crippen molar-refractivity contribution >= 4 is 51.6 Å². The summed E-state index contributed by atoms with van der Waals surface area (Å²) >= 11 is 11.9. The second-order valence-corrected chi connectivity index (χ2v) is 7.26. The molecule has 150 valence electrons. The number of hydrogen-bond donors (Lipinski definition) is 2. The Labute approximate surface area is 176 Å². The number of hydrogen-bond acceptors (Lipinski definition) is 4. The molecule has 0 aliphatic rings. The van der Waals surface area contributed by atoms with E-state index in [0.717, 1.165) is 5.56 Å². The van der Waals surface area contributed by atoms with E-state index in [0.29, 0.717) is 26.6 Å². The van der Waals surface area contributed by atoms with Crippen LogP contribution in [0.3, 0.4) is 0 Å². The molecule has 1 aromatic heterocycles. The van der Waals surface area contributed by atoms with Crippen molar-refractivity contribution in [2.24, 2.45) is 0 Å². The van der Waals surface area contributed by atoms with Crippen LogP contribution in [0.25, 0.3) is 10.9 Å². The first-order chi connectivity index (χ1) is 13.8. The van der Waals surface area contributed by atoms with Gasteiger partial charge in [0.05, 0.1) is 34.5 Å². The molecule has 2 amide bonds. The van der Waals surface area contributed by atoms with Gasteiger partial charge in [-0.15, -0.1) is 0 Å². The van der Waals surface area contributed by atoms with E-state index >= 15 is 0 Å². The van der Waals surface area contributed by atoms with Gasteiger partial charge in [0.25, 0.3) is 5.56 Å². The van der Waals surface area contributed by atoms with E-state index in [9.17, 15) is 14.4 Å². The monoisotopic (exact) mass is 432 g/mol. The number of rotatable bonds is 6. The van der Waals surface area contributed by atoms with Crippen LogP contribution in [0.5, 0.6) is 0 Å². The molecule has 7 nitrogen and oxygen atoms in total. The fourth-order valence-corrected chi connectivity index (χ4v) is 3.11. The standard InChI is InChI=1S/C20H18Cl2N4O3/c1-12-3-2-4-14-19(12)24-11-26(20(14)29)8-7-17(27)23-10-18(28)25-16-9-13(21)5-6-15(16)22/h2-6,9,11H,7-8,10H2,1H3,(H,23,27)(H,25,28). The molecule has 0 saturated carbocycles. The summed E-state index contributed by atoms with van der Waals surface area (Å²) < 4.78 is 1.38. The molecule has 3 aromatic rings. The Kier molecular flexibility index (Phi) is 6.51. The van der Waals surface area contributed by atoms with E-state index in [2.05, 4.69) is 15.6 Å². The molecule has 0 aliphatic carbocycles. The lowest BCUT2D eigenvalue weighted by atomic mass is 10.1. The summed E-state index contributed by atoms with van der Waals surface area (Å²) in [7, 11) is 0. The van der Waals surface area contributed by atoms with Gasteiger partial charge in [0, 0.05) is 18.0 Å². The molecule has 0 aliphatic heterocycles. The zero-order chi connectivity index (χ0) is 21.0. The Hall–Kier alpha value is -2.90. The van der Waals surface area contributed by atoms with Gasteiger partial charge in [-0.3, -0.25) is 19.0 Å². The van der Waals surface area contributed by atoms with Crippen molar-refractivity contribution in [3.05, 3.63) is 68.7 Å². The van der Waals surface area contributed by atoms with Gasteiger partial charge in [-0.05, 0) is 36.8 Å². The molecule has 0 spiro atoms. The number of carbonyl (C=O) groups excluding carboxylic acids is 2. The van der Waals surface area contributed by atoms with E-state index in [-0.39, 0.29) is 31.0 Å². The highest BCUT2D eigenvalue weighted by molar-refractivity contribution is 6.35. The lowest BCUT2D eigenvalue weighted by Gasteiger charge is -2.10. The van der Waals surface area contributed by atoms with Crippen LogP contribution in [0.1, 0.15) is 12.0 Å². The minimum Gasteiger partial charge on any atom is -0.347 e. The summed E-state index contributed by atoms with van der Waals surface area (Å²) in [4.78, 5) is 40.9. The predicted molar refractivity (Wildman–Crippen MR) is 113 cm³/mol. The van der Waals surface area contributed by atoms with Crippen molar-refractivity contribution in [3.8, 4) is 0 Å². The van der Waals surface area contributed by atoms with Crippen LogP contribution < -0.4 is 16.2 Å². The molecule has 3 rings (SSSR count). The summed E-state index contributed by atoms with van der Waals surface area (Å²) in [6.45, 7) is 1.81. The Balaban J connectivity index is 1.54. The average Bonchev–Trinajstić information content (AvgIpc) is 2.69. The van der Waals surface area contributed by atoms with Gasteiger partial charge in [0.15, 0.2) is 0 Å². The number of nitrogens with one attached hydrogen (secondary N) is 2. The van der Waals surface area contributed by atoms with Crippen LogP contribution in [0.4, 0.5) is 5.69 Å². The van der Waals surface area contributed by atoms with Gasteiger partial charge < -0.3 is 10.6 Å². The molecule has 9 heteroatoms. The van der Waals surface area contributed by atoms with E-state index < -0.39 is 5.91 Å². The third-order valence-electron chi connectivity index (χ3n) is 4.28. The number of fused-ring (bicyclic) bond motifs is 1. The number of para-hydroxylation sites is 1. The second-order valence-electron chi connectivity index (χ2n) is 6.41. The van der Waals surface area contributed by atoms with Gasteiger partial charge >= 0.3 is 0 Å². The molecular weight excluding hydrogens is 415 g/mol. The fraction of sp³-hybridized carbons (Fsp3) is 0.200. The van der Waals surface area contributed by atoms with Crippen molar-refractivity contribution in [3.63, 3.8) is 0 Å². The smallest absolute Gasteiger partial charge is 0.261 e. The summed E-state index contributed by atoms with van der Waals surface area (Å²) in [6.07, 6.45) is 1.46. The molecule has 29 heavy (non-hydrogen) atoms. The topological polar surface area (TPSA) is 93.1 Å². The third-order valence-corrected chi connectivity index (χ3v) is 4.85. The number of carbonyl (C=O) groups is 2. The van der Waals surface area contributed by atoms with Gasteiger partial charge in [-0.25, -0.2) is 4.98 Å². The van der Waals surface area contributed by atoms with Crippen molar-refractivity contribution < 1.29 is 9.59 Å². The number of halogens is 2. The minimum atomic E-state index is -0.442. The molecule has 2 aromatic carbocycles. The van der Waals surface area contributed by atoms with E-state index in [1.165, 1.54) is 17.0 Å². The lowest BCUT2D eigenvalue weighted by Crippen LogP contribution is -2.34. The number of aromatic nitrogens is 2. The van der Waals surface area contributed by atoms with Crippen LogP contribution in [-0.2, 0) is 16.1 Å². The summed E-state index contributed by atoms with van der Waals surface area (Å²) in [6, 6.07) is 10.1. The Morgan fingerprint density at radius 1 is 1.14 bits per heavy atom. The number of nitrogens with zero attached hydrogens (tertiary/aromatic N) is 2. The lowest BCUT2D eigenvalue weighted by molar-refractivity contribution is -0.124. The summed E-state index contributed by atoms with van der Waals surface area (Å²) in [5.41, 5.74) is 1.72. The second kappa shape index (κ2) is 9.07. The number of benzene rings is 2. The van der Waals surface area contributed by atoms with Crippen molar-refractivity contribution in [1.82, 2.24) is 14.9 Å². The molecule has 2 N–H and O–H groups in total. The summed E-state index contributed by atoms with van der Waals surface area (Å²) in [5, 5.41) is 6.36. The highest BCUT2D eigenvalue weighted by Crippen LogP contribution is 2.25. The van der Waals surface area contributed by atoms with E-state index in [1.807, 2.05) is 13.0 Å². The highest BCUT2D eigenvalue weighted by atomic mass is 35.5. The van der Waals surface area contributed by atoms with Crippen LogP contribution >= 0.6 is 23.2 Å². The van der Waals surface area contributed by atoms with Crippen LogP contribution in [0, 0.1) is 6.92 Å². The van der Waals surface area contributed by atoms with E-state index in [4.69, 9.17) is 23.2 Å². The Morgan fingerprint density at radius 2 is 1.93 bits per heavy atom. The largest absolute Gasteiger partial charge is 0.347 e. The van der Waals surface area contributed by atoms with Gasteiger partial charge in [0.2, 0.25) is 11.8 Å². The van der Waals surface area contributed by atoms with E-state index in [1.54, 1.807) is 24.3 Å². The van der Waals surface area contributed by atoms with Gasteiger partial charge in [-0.1, -0.05) is 35.3 Å². The summed E-state index contributed by atoms with van der Waals surface area (Å²) in [5.74, 6) is -0.809. The Morgan fingerprint density at radius 3 is 2.72 bits per heavy atom. The van der Waals surface area contributed by atoms with Crippen LogP contribution in [0.2, 0.25) is 10.0 Å². The Bertz CT molecular complexity index is 1140. The predicted octanol–water partition coefficient (Wildman–Crippen LogP) is 3.16. The average molecular weight is 433 g/mol. The quantitative estimate of drug-likeness (QED) is 0.625. The third kappa shape index (κ3) is 5.13. The molecule has 0 unspecified atom stereocenters. The highest BCUT2D eigenvalue weighted by Gasteiger charge is 2.10. The number of anilines is 1. The van der Waals surface area contributed by atoms with Crippen LogP contribution in [-0.4, -0.2) is 27.9 Å². The van der Waals surface area contributed by atoms with Gasteiger partial charge in [-0.2, -0.15) is 0 Å². The molecule has 0 atom stereocenters. The first-order valence-corrected chi connectivity index (χ1v) is 9.57. The molecule has 0 saturated heterocycles. The number of aryl methyl sites for hydroxylation is 2. The SMILES string of the molecule is Cc1cccc2c(=O)n(CCC(=O)NCC(=O)Nc3cc(Cl)ccc3Cl)cnc12. The van der Waals surface area contributed by atoms with Crippen molar-refractivity contribution in [2.45, 2.75) is 19.9 Å². The zero-order valence-corrected chi connectivity index (χ0v) is 17.0. The fourth-order valence-electron chi connectivity index (χ4n) is 2.77. The molecular formula is C20H18Cl2N4O3. The zero-order valence-electron chi connectivity index (χ0n) is 15.5. The molecule has 0 fully saturated rings. The molecule has 0 bridgehead atoms. The molecule has 1 heterocycles. The minimum absolute atomic E-state index is 0.0319. The first-order valence-electron chi connectivity index (χ1n) is 8.81. The first kappa shape index (κ1) is 20.8. The maximum Gasteiger partial charge on any atom is 0.261 e. The van der Waals surface area contributed by atoms with Crippen LogP contribution in [0.15, 0.2) is 47.5 Å². The maximum atomic E-state index is 12.5. The van der Waals surface area contributed by atoms with Crippen molar-refractivity contribution in [1.29, 1.82) is 0 Å². The van der Waals surface area contributed by atoms with Gasteiger partial charge in [0.1, 0.15) is 0 Å². The normalized spacial score (nSPS) is 10.7. The molecule has 0 radical (unpaired) electrons. The maximum absolute atomic E-state index is 12.5.